The molecule has 1 aromatic carbocycles. The van der Waals surface area contributed by atoms with E-state index in [9.17, 15) is 14.0 Å². The zero-order valence-electron chi connectivity index (χ0n) is 13.0. The van der Waals surface area contributed by atoms with Crippen molar-refractivity contribution >= 4 is 11.9 Å². The highest BCUT2D eigenvalue weighted by molar-refractivity contribution is 6.07. The quantitative estimate of drug-likeness (QED) is 0.868. The summed E-state index contributed by atoms with van der Waals surface area (Å²) >= 11 is 0. The Labute approximate surface area is 134 Å². The van der Waals surface area contributed by atoms with Gasteiger partial charge in [0.1, 0.15) is 12.1 Å². The number of ether oxygens (including phenoxy) is 1. The van der Waals surface area contributed by atoms with Crippen molar-refractivity contribution in [2.75, 3.05) is 13.2 Å². The molecule has 1 heterocycles. The summed E-state index contributed by atoms with van der Waals surface area (Å²) in [5, 5.41) is 2.88. The molecule has 6 heteroatoms. The van der Waals surface area contributed by atoms with Crippen LogP contribution in [0.4, 0.5) is 9.18 Å². The van der Waals surface area contributed by atoms with Gasteiger partial charge in [0.2, 0.25) is 0 Å². The number of rotatable bonds is 4. The van der Waals surface area contributed by atoms with Crippen molar-refractivity contribution in [3.8, 4) is 5.75 Å². The third-order valence-electron chi connectivity index (χ3n) is 4.61. The topological polar surface area (TPSA) is 58.6 Å². The van der Waals surface area contributed by atoms with Crippen LogP contribution in [0.2, 0.25) is 0 Å². The molecule has 0 unspecified atom stereocenters. The number of nitrogens with one attached hydrogen (secondary N) is 1. The molecule has 3 amide bonds. The molecule has 1 saturated heterocycles. The first kappa shape index (κ1) is 15.8. The number of urea groups is 1. The van der Waals surface area contributed by atoms with Gasteiger partial charge in [0, 0.05) is 0 Å². The van der Waals surface area contributed by atoms with Gasteiger partial charge < -0.3 is 10.1 Å². The third kappa shape index (κ3) is 3.16. The smallest absolute Gasteiger partial charge is 0.325 e. The number of amides is 3. The molecule has 23 heavy (non-hydrogen) atoms. The van der Waals surface area contributed by atoms with Crippen molar-refractivity contribution in [2.24, 2.45) is 0 Å². The maximum Gasteiger partial charge on any atom is 0.325 e. The number of halogens is 1. The maximum absolute atomic E-state index is 13.5. The van der Waals surface area contributed by atoms with Crippen LogP contribution < -0.4 is 10.1 Å². The van der Waals surface area contributed by atoms with Crippen LogP contribution in [0.3, 0.4) is 0 Å². The van der Waals surface area contributed by atoms with Gasteiger partial charge in [0.25, 0.3) is 5.91 Å². The second-order valence-electron chi connectivity index (χ2n) is 6.16. The average molecular weight is 320 g/mol. The molecular formula is C17H21FN2O3. The molecule has 1 spiro atoms. The largest absolute Gasteiger partial charge is 0.489 e. The van der Waals surface area contributed by atoms with E-state index in [1.807, 2.05) is 0 Å². The molecule has 0 radical (unpaired) electrons. The number of carbonyl (C=O) groups excluding carboxylic acids is 2. The normalized spacial score (nSPS) is 20.5. The molecule has 1 aliphatic carbocycles. The third-order valence-corrected chi connectivity index (χ3v) is 4.61. The second kappa shape index (κ2) is 6.56. The predicted molar refractivity (Wildman–Crippen MR) is 82.6 cm³/mol. The minimum atomic E-state index is -0.731. The second-order valence-corrected chi connectivity index (χ2v) is 6.16. The van der Waals surface area contributed by atoms with Gasteiger partial charge in [0.15, 0.2) is 11.6 Å². The average Bonchev–Trinajstić information content (AvgIpc) is 2.71. The number of benzene rings is 1. The van der Waals surface area contributed by atoms with Gasteiger partial charge >= 0.3 is 6.03 Å². The molecule has 2 aliphatic rings. The van der Waals surface area contributed by atoms with Crippen molar-refractivity contribution < 1.29 is 18.7 Å². The molecule has 1 aromatic rings. The summed E-state index contributed by atoms with van der Waals surface area (Å²) in [5.41, 5.74) is -0.731. The Morgan fingerprint density at radius 1 is 1.13 bits per heavy atom. The fraction of sp³-hybridized carbons (Fsp3) is 0.529. The fourth-order valence-electron chi connectivity index (χ4n) is 3.36. The molecule has 2 fully saturated rings. The molecule has 124 valence electrons. The summed E-state index contributed by atoms with van der Waals surface area (Å²) in [4.78, 5) is 26.0. The summed E-state index contributed by atoms with van der Waals surface area (Å²) in [6, 6.07) is 5.72. The Bertz CT molecular complexity index is 597. The standard InChI is InChI=1S/C17H21FN2O3/c18-13-7-3-4-8-14(13)23-12-11-20-15(21)17(19-16(20)22)9-5-1-2-6-10-17/h3-4,7-8H,1-2,5-6,9-12H2,(H,19,22). The Balaban J connectivity index is 1.61. The van der Waals surface area contributed by atoms with E-state index in [0.717, 1.165) is 25.7 Å². The maximum atomic E-state index is 13.5. The molecule has 1 aliphatic heterocycles. The van der Waals surface area contributed by atoms with Gasteiger partial charge in [-0.1, -0.05) is 37.8 Å². The first-order chi connectivity index (χ1) is 11.1. The summed E-state index contributed by atoms with van der Waals surface area (Å²) in [6.07, 6.45) is 5.49. The minimum Gasteiger partial charge on any atom is -0.489 e. The lowest BCUT2D eigenvalue weighted by atomic mass is 9.90. The molecule has 5 nitrogen and oxygen atoms in total. The summed E-state index contributed by atoms with van der Waals surface area (Å²) in [7, 11) is 0. The van der Waals surface area contributed by atoms with Crippen molar-refractivity contribution in [1.29, 1.82) is 0 Å². The van der Waals surface area contributed by atoms with Gasteiger partial charge in [-0.15, -0.1) is 0 Å². The van der Waals surface area contributed by atoms with E-state index in [0.29, 0.717) is 12.8 Å². The van der Waals surface area contributed by atoms with E-state index in [4.69, 9.17) is 4.74 Å². The van der Waals surface area contributed by atoms with E-state index in [1.54, 1.807) is 12.1 Å². The monoisotopic (exact) mass is 320 g/mol. The van der Waals surface area contributed by atoms with Gasteiger partial charge in [-0.3, -0.25) is 9.69 Å². The van der Waals surface area contributed by atoms with Crippen LogP contribution in [-0.2, 0) is 4.79 Å². The predicted octanol–water partition coefficient (Wildman–Crippen LogP) is 2.85. The lowest BCUT2D eigenvalue weighted by Crippen LogP contribution is -2.46. The van der Waals surface area contributed by atoms with Crippen LogP contribution >= 0.6 is 0 Å². The van der Waals surface area contributed by atoms with E-state index < -0.39 is 11.4 Å². The summed E-state index contributed by atoms with van der Waals surface area (Å²) < 4.78 is 18.8. The van der Waals surface area contributed by atoms with Crippen LogP contribution in [0.15, 0.2) is 24.3 Å². The lowest BCUT2D eigenvalue weighted by Gasteiger charge is -2.24. The van der Waals surface area contributed by atoms with E-state index in [2.05, 4.69) is 5.32 Å². The number of imide groups is 1. The van der Waals surface area contributed by atoms with E-state index in [1.165, 1.54) is 17.0 Å². The molecule has 0 aromatic heterocycles. The number of hydrogen-bond acceptors (Lipinski definition) is 3. The lowest BCUT2D eigenvalue weighted by molar-refractivity contribution is -0.132. The first-order valence-corrected chi connectivity index (χ1v) is 8.14. The van der Waals surface area contributed by atoms with E-state index >= 15 is 0 Å². The Kier molecular flexibility index (Phi) is 4.50. The summed E-state index contributed by atoms with van der Waals surface area (Å²) in [5.74, 6) is -0.491. The molecular weight excluding hydrogens is 299 g/mol. The molecule has 1 saturated carbocycles. The van der Waals surface area contributed by atoms with Crippen LogP contribution in [0.25, 0.3) is 0 Å². The van der Waals surface area contributed by atoms with Gasteiger partial charge in [0.05, 0.1) is 6.54 Å². The zero-order valence-corrected chi connectivity index (χ0v) is 13.0. The Hall–Kier alpha value is -2.11. The molecule has 1 N–H and O–H groups in total. The van der Waals surface area contributed by atoms with Crippen molar-refractivity contribution in [2.45, 2.75) is 44.1 Å². The number of para-hydroxylation sites is 1. The number of hydrogen-bond donors (Lipinski definition) is 1. The highest BCUT2D eigenvalue weighted by atomic mass is 19.1. The van der Waals surface area contributed by atoms with Gasteiger partial charge in [-0.25, -0.2) is 9.18 Å². The number of nitrogens with zero attached hydrogens (tertiary/aromatic N) is 1. The van der Waals surface area contributed by atoms with Crippen LogP contribution in [0.5, 0.6) is 5.75 Å². The van der Waals surface area contributed by atoms with Crippen molar-refractivity contribution in [1.82, 2.24) is 10.2 Å². The van der Waals surface area contributed by atoms with Crippen molar-refractivity contribution in [3.05, 3.63) is 30.1 Å². The van der Waals surface area contributed by atoms with Crippen molar-refractivity contribution in [3.63, 3.8) is 0 Å². The van der Waals surface area contributed by atoms with Gasteiger partial charge in [-0.05, 0) is 25.0 Å². The van der Waals surface area contributed by atoms with Crippen LogP contribution in [0, 0.1) is 5.82 Å². The number of carbonyl (C=O) groups is 2. The Morgan fingerprint density at radius 2 is 1.83 bits per heavy atom. The highest BCUT2D eigenvalue weighted by Gasteiger charge is 2.50. The highest BCUT2D eigenvalue weighted by Crippen LogP contribution is 2.32. The first-order valence-electron chi connectivity index (χ1n) is 8.14. The van der Waals surface area contributed by atoms with Crippen LogP contribution in [-0.4, -0.2) is 35.5 Å². The molecule has 3 rings (SSSR count). The van der Waals surface area contributed by atoms with Gasteiger partial charge in [-0.2, -0.15) is 0 Å². The zero-order chi connectivity index (χ0) is 16.3. The molecule has 0 bridgehead atoms. The fourth-order valence-corrected chi connectivity index (χ4v) is 3.36. The van der Waals surface area contributed by atoms with Crippen LogP contribution in [0.1, 0.15) is 38.5 Å². The Morgan fingerprint density at radius 3 is 2.52 bits per heavy atom. The SMILES string of the molecule is O=C1NC2(CCCCCC2)C(=O)N1CCOc1ccccc1F. The minimum absolute atomic E-state index is 0.0795. The van der Waals surface area contributed by atoms with E-state index in [-0.39, 0.29) is 30.8 Å². The summed E-state index contributed by atoms with van der Waals surface area (Å²) in [6.45, 7) is 0.205. The molecule has 0 atom stereocenters.